The zero-order chi connectivity index (χ0) is 17.8. The van der Waals surface area contributed by atoms with Crippen molar-refractivity contribution in [2.75, 3.05) is 26.7 Å². The number of benzene rings is 1. The summed E-state index contributed by atoms with van der Waals surface area (Å²) in [6.45, 7) is 5.25. The lowest BCUT2D eigenvalue weighted by Crippen LogP contribution is -2.42. The van der Waals surface area contributed by atoms with Crippen molar-refractivity contribution in [1.82, 2.24) is 10.6 Å². The van der Waals surface area contributed by atoms with E-state index in [9.17, 15) is 9.18 Å². The fourth-order valence-corrected chi connectivity index (χ4v) is 1.92. The van der Waals surface area contributed by atoms with Crippen LogP contribution >= 0.6 is 0 Å². The van der Waals surface area contributed by atoms with Crippen molar-refractivity contribution >= 4 is 11.9 Å². The number of carbonyl (C=O) groups is 1. The second-order valence-electron chi connectivity index (χ2n) is 5.17. The number of ether oxygens (including phenoxy) is 2. The first-order valence-corrected chi connectivity index (χ1v) is 8.07. The van der Waals surface area contributed by atoms with Gasteiger partial charge in [0.1, 0.15) is 17.7 Å². The average molecular weight is 339 g/mol. The topological polar surface area (TPSA) is 72.0 Å². The summed E-state index contributed by atoms with van der Waals surface area (Å²) in [5.41, 5.74) is 0. The Morgan fingerprint density at radius 1 is 1.29 bits per heavy atom. The molecule has 0 heterocycles. The Labute approximate surface area is 142 Å². The Morgan fingerprint density at radius 3 is 2.62 bits per heavy atom. The molecular weight excluding hydrogens is 313 g/mol. The predicted molar refractivity (Wildman–Crippen MR) is 91.7 cm³/mol. The maximum Gasteiger partial charge on any atom is 0.305 e. The summed E-state index contributed by atoms with van der Waals surface area (Å²) < 4.78 is 23.4. The van der Waals surface area contributed by atoms with Crippen LogP contribution in [0.25, 0.3) is 0 Å². The highest BCUT2D eigenvalue weighted by molar-refractivity contribution is 5.79. The van der Waals surface area contributed by atoms with Gasteiger partial charge < -0.3 is 20.1 Å². The first-order valence-electron chi connectivity index (χ1n) is 8.07. The van der Waals surface area contributed by atoms with Crippen molar-refractivity contribution in [2.24, 2.45) is 4.99 Å². The Balaban J connectivity index is 2.23. The molecule has 2 N–H and O–H groups in total. The molecule has 0 aliphatic carbocycles. The molecule has 0 radical (unpaired) electrons. The van der Waals surface area contributed by atoms with Crippen LogP contribution in [-0.2, 0) is 9.53 Å². The van der Waals surface area contributed by atoms with Gasteiger partial charge in [0, 0.05) is 20.0 Å². The molecule has 0 aromatic heterocycles. The van der Waals surface area contributed by atoms with E-state index in [1.807, 2.05) is 6.92 Å². The van der Waals surface area contributed by atoms with Crippen molar-refractivity contribution in [1.29, 1.82) is 0 Å². The average Bonchev–Trinajstić information content (AvgIpc) is 2.56. The molecule has 0 bridgehead atoms. The van der Waals surface area contributed by atoms with Gasteiger partial charge in [0.05, 0.1) is 13.2 Å². The lowest BCUT2D eigenvalue weighted by Gasteiger charge is -2.17. The number of rotatable bonds is 9. The van der Waals surface area contributed by atoms with Gasteiger partial charge in [0.15, 0.2) is 5.96 Å². The molecule has 0 spiro atoms. The van der Waals surface area contributed by atoms with E-state index in [1.54, 1.807) is 26.1 Å². The first-order chi connectivity index (χ1) is 11.5. The number of esters is 1. The lowest BCUT2D eigenvalue weighted by molar-refractivity contribution is -0.143. The van der Waals surface area contributed by atoms with Gasteiger partial charge in [-0.05, 0) is 44.5 Å². The fourth-order valence-electron chi connectivity index (χ4n) is 1.92. The molecule has 134 valence electrons. The summed E-state index contributed by atoms with van der Waals surface area (Å²) in [7, 11) is 1.67. The number of nitrogens with zero attached hydrogens (tertiary/aromatic N) is 1. The fraction of sp³-hybridized carbons (Fsp3) is 0.529. The van der Waals surface area contributed by atoms with Crippen LogP contribution in [0.1, 0.15) is 26.7 Å². The summed E-state index contributed by atoms with van der Waals surface area (Å²) in [6.07, 6.45) is 0.928. The third kappa shape index (κ3) is 8.36. The van der Waals surface area contributed by atoms with Crippen molar-refractivity contribution in [3.8, 4) is 5.75 Å². The first kappa shape index (κ1) is 19.7. The zero-order valence-electron chi connectivity index (χ0n) is 14.5. The summed E-state index contributed by atoms with van der Waals surface area (Å²) >= 11 is 0. The minimum absolute atomic E-state index is 0.117. The third-order valence-electron chi connectivity index (χ3n) is 3.09. The summed E-state index contributed by atoms with van der Waals surface area (Å²) in [6, 6.07) is 5.90. The molecule has 1 aromatic rings. The number of hydrogen-bond acceptors (Lipinski definition) is 4. The van der Waals surface area contributed by atoms with E-state index in [4.69, 9.17) is 9.47 Å². The molecule has 0 saturated heterocycles. The van der Waals surface area contributed by atoms with Crippen LogP contribution < -0.4 is 15.4 Å². The number of hydrogen-bond donors (Lipinski definition) is 2. The molecule has 0 fully saturated rings. The van der Waals surface area contributed by atoms with Crippen LogP contribution in [-0.4, -0.2) is 44.8 Å². The predicted octanol–water partition coefficient (Wildman–Crippen LogP) is 2.10. The van der Waals surface area contributed by atoms with Gasteiger partial charge in [0.2, 0.25) is 0 Å². The minimum Gasteiger partial charge on any atom is -0.489 e. The number of aliphatic imine (C=N–C) groups is 1. The Kier molecular flexibility index (Phi) is 9.26. The largest absolute Gasteiger partial charge is 0.489 e. The molecule has 6 nitrogen and oxygen atoms in total. The Bertz CT molecular complexity index is 520. The van der Waals surface area contributed by atoms with E-state index in [2.05, 4.69) is 15.6 Å². The van der Waals surface area contributed by atoms with E-state index in [0.29, 0.717) is 44.2 Å². The van der Waals surface area contributed by atoms with Crippen molar-refractivity contribution < 1.29 is 18.7 Å². The normalized spacial score (nSPS) is 12.4. The third-order valence-corrected chi connectivity index (χ3v) is 3.09. The number of carbonyl (C=O) groups excluding carboxylic acids is 1. The molecule has 0 amide bonds. The molecule has 0 aliphatic rings. The number of guanidine groups is 1. The maximum atomic E-state index is 12.8. The van der Waals surface area contributed by atoms with Crippen LogP contribution in [0.15, 0.2) is 29.3 Å². The van der Waals surface area contributed by atoms with Gasteiger partial charge in [-0.3, -0.25) is 9.79 Å². The molecule has 24 heavy (non-hydrogen) atoms. The second-order valence-corrected chi connectivity index (χ2v) is 5.17. The highest BCUT2D eigenvalue weighted by Gasteiger charge is 2.06. The Morgan fingerprint density at radius 2 is 2.00 bits per heavy atom. The molecular formula is C17H26FN3O3. The van der Waals surface area contributed by atoms with E-state index in [-0.39, 0.29) is 17.9 Å². The van der Waals surface area contributed by atoms with E-state index >= 15 is 0 Å². The smallest absolute Gasteiger partial charge is 0.305 e. The van der Waals surface area contributed by atoms with Crippen LogP contribution in [0.4, 0.5) is 4.39 Å². The van der Waals surface area contributed by atoms with Gasteiger partial charge in [0.25, 0.3) is 0 Å². The molecule has 7 heteroatoms. The number of halogens is 1. The number of nitrogens with one attached hydrogen (secondary N) is 2. The van der Waals surface area contributed by atoms with Gasteiger partial charge in [-0.1, -0.05) is 0 Å². The SMILES string of the molecule is CCOC(=O)CCCNC(=NC)NCC(C)Oc1ccc(F)cc1. The summed E-state index contributed by atoms with van der Waals surface area (Å²) in [5, 5.41) is 6.26. The minimum atomic E-state index is -0.291. The van der Waals surface area contributed by atoms with Crippen molar-refractivity contribution in [3.05, 3.63) is 30.1 Å². The highest BCUT2D eigenvalue weighted by atomic mass is 19.1. The van der Waals surface area contributed by atoms with Gasteiger partial charge in [-0.15, -0.1) is 0 Å². The molecule has 0 saturated carbocycles. The lowest BCUT2D eigenvalue weighted by atomic mass is 10.3. The van der Waals surface area contributed by atoms with E-state index in [1.165, 1.54) is 12.1 Å². The second kappa shape index (κ2) is 11.3. The monoisotopic (exact) mass is 339 g/mol. The van der Waals surface area contributed by atoms with Crippen LogP contribution in [0, 0.1) is 5.82 Å². The van der Waals surface area contributed by atoms with E-state index < -0.39 is 0 Å². The van der Waals surface area contributed by atoms with Gasteiger partial charge in [-0.2, -0.15) is 0 Å². The molecule has 1 atom stereocenters. The van der Waals surface area contributed by atoms with Crippen LogP contribution in [0.3, 0.4) is 0 Å². The van der Waals surface area contributed by atoms with Crippen molar-refractivity contribution in [2.45, 2.75) is 32.8 Å². The standard InChI is InChI=1S/C17H26FN3O3/c1-4-23-16(22)6-5-11-20-17(19-3)21-12-13(2)24-15-9-7-14(18)8-10-15/h7-10,13H,4-6,11-12H2,1-3H3,(H2,19,20,21). The highest BCUT2D eigenvalue weighted by Crippen LogP contribution is 2.12. The zero-order valence-corrected chi connectivity index (χ0v) is 14.5. The molecule has 1 unspecified atom stereocenters. The van der Waals surface area contributed by atoms with Crippen molar-refractivity contribution in [3.63, 3.8) is 0 Å². The molecule has 1 aromatic carbocycles. The maximum absolute atomic E-state index is 12.8. The quantitative estimate of drug-likeness (QED) is 0.312. The van der Waals surface area contributed by atoms with Crippen LogP contribution in [0.5, 0.6) is 5.75 Å². The summed E-state index contributed by atoms with van der Waals surface area (Å²) in [5.74, 6) is 0.764. The van der Waals surface area contributed by atoms with E-state index in [0.717, 1.165) is 0 Å². The van der Waals surface area contributed by atoms with Crippen LogP contribution in [0.2, 0.25) is 0 Å². The molecule has 0 aliphatic heterocycles. The van der Waals surface area contributed by atoms with Gasteiger partial charge >= 0.3 is 5.97 Å². The van der Waals surface area contributed by atoms with Gasteiger partial charge in [-0.25, -0.2) is 4.39 Å². The summed E-state index contributed by atoms with van der Waals surface area (Å²) in [4.78, 5) is 15.3. The molecule has 1 rings (SSSR count). The Hall–Kier alpha value is -2.31.